The van der Waals surface area contributed by atoms with Gasteiger partial charge in [-0.25, -0.2) is 0 Å². The highest BCUT2D eigenvalue weighted by Crippen LogP contribution is 2.58. The summed E-state index contributed by atoms with van der Waals surface area (Å²) in [5.74, 6) is 0.493. The second-order valence-electron chi connectivity index (χ2n) is 10.6. The number of carbonyl (C=O) groups is 2. The molecule has 0 aromatic heterocycles. The Bertz CT molecular complexity index is 873. The maximum atomic E-state index is 13.2. The third-order valence-corrected chi connectivity index (χ3v) is 8.63. The predicted molar refractivity (Wildman–Crippen MR) is 122 cm³/mol. The highest BCUT2D eigenvalue weighted by atomic mass is 16.2. The largest absolute Gasteiger partial charge is 0.362 e. The molecule has 2 aliphatic heterocycles. The molecule has 2 bridgehead atoms. The van der Waals surface area contributed by atoms with E-state index in [-0.39, 0.29) is 29.1 Å². The van der Waals surface area contributed by atoms with Crippen LogP contribution in [0.3, 0.4) is 0 Å². The van der Waals surface area contributed by atoms with E-state index in [0.717, 1.165) is 51.0 Å². The molecule has 1 aromatic carbocycles. The summed E-state index contributed by atoms with van der Waals surface area (Å²) in [6, 6.07) is 8.36. The quantitative estimate of drug-likeness (QED) is 0.693. The number of hydrogen-bond donors (Lipinski definition) is 3. The van der Waals surface area contributed by atoms with E-state index in [1.165, 1.54) is 19.3 Å². The molecule has 6 nitrogen and oxygen atoms in total. The number of carbonyl (C=O) groups excluding carboxylic acids is 2. The van der Waals surface area contributed by atoms with E-state index >= 15 is 0 Å². The first-order valence-electron chi connectivity index (χ1n) is 12.1. The minimum absolute atomic E-state index is 0.00199. The van der Waals surface area contributed by atoms with Crippen molar-refractivity contribution in [2.24, 2.45) is 17.3 Å². The van der Waals surface area contributed by atoms with Crippen LogP contribution in [0.1, 0.15) is 69.2 Å². The minimum atomic E-state index is -0.432. The van der Waals surface area contributed by atoms with Gasteiger partial charge in [0.2, 0.25) is 5.91 Å². The van der Waals surface area contributed by atoms with Crippen molar-refractivity contribution in [3.63, 3.8) is 0 Å². The normalized spacial score (nSPS) is 37.1. The van der Waals surface area contributed by atoms with Crippen molar-refractivity contribution >= 4 is 17.5 Å². The lowest BCUT2D eigenvalue weighted by Gasteiger charge is -2.60. The Kier molecular flexibility index (Phi) is 5.24. The van der Waals surface area contributed by atoms with Gasteiger partial charge in [0.25, 0.3) is 5.91 Å². The molecular weight excluding hydrogens is 388 g/mol. The number of benzene rings is 1. The number of nitrogens with zero attached hydrogens (tertiary/aromatic N) is 1. The molecule has 2 amide bonds. The van der Waals surface area contributed by atoms with Crippen molar-refractivity contribution in [3.8, 4) is 0 Å². The zero-order chi connectivity index (χ0) is 21.6. The number of para-hydroxylation sites is 1. The van der Waals surface area contributed by atoms with Crippen molar-refractivity contribution in [2.45, 2.75) is 70.5 Å². The molecule has 4 fully saturated rings. The van der Waals surface area contributed by atoms with Gasteiger partial charge in [-0.3, -0.25) is 14.5 Å². The molecule has 1 aromatic rings. The van der Waals surface area contributed by atoms with Gasteiger partial charge >= 0.3 is 0 Å². The van der Waals surface area contributed by atoms with Crippen LogP contribution in [-0.4, -0.2) is 48.1 Å². The van der Waals surface area contributed by atoms with Crippen molar-refractivity contribution in [2.75, 3.05) is 25.0 Å². The molecule has 5 atom stereocenters. The highest BCUT2D eigenvalue weighted by Gasteiger charge is 2.60. The summed E-state index contributed by atoms with van der Waals surface area (Å²) in [4.78, 5) is 28.6. The molecule has 31 heavy (non-hydrogen) atoms. The monoisotopic (exact) mass is 424 g/mol. The van der Waals surface area contributed by atoms with E-state index in [1.54, 1.807) is 0 Å². The summed E-state index contributed by atoms with van der Waals surface area (Å²) in [6.45, 7) is 7.36. The molecule has 5 aliphatic rings. The molecule has 6 heteroatoms. The fourth-order valence-electron chi connectivity index (χ4n) is 6.79. The Morgan fingerprint density at radius 1 is 1.23 bits per heavy atom. The van der Waals surface area contributed by atoms with Gasteiger partial charge in [0, 0.05) is 36.7 Å². The first-order valence-corrected chi connectivity index (χ1v) is 12.1. The third kappa shape index (κ3) is 3.63. The molecule has 1 spiro atoms. The average Bonchev–Trinajstić information content (AvgIpc) is 2.74. The number of nitrogens with one attached hydrogen (secondary N) is 3. The van der Waals surface area contributed by atoms with Gasteiger partial charge in [-0.15, -0.1) is 0 Å². The smallest absolute Gasteiger partial charge is 0.255 e. The number of fused-ring (bicyclic) bond motifs is 3. The zero-order valence-corrected chi connectivity index (χ0v) is 18.9. The number of rotatable bonds is 4. The predicted octanol–water partition coefficient (Wildman–Crippen LogP) is 3.36. The minimum Gasteiger partial charge on any atom is -0.362 e. The molecule has 6 rings (SSSR count). The van der Waals surface area contributed by atoms with E-state index < -0.39 is 5.66 Å². The number of likely N-dealkylation sites (tertiary alicyclic amines) is 1. The van der Waals surface area contributed by atoms with Crippen LogP contribution in [-0.2, 0) is 4.79 Å². The van der Waals surface area contributed by atoms with Crippen molar-refractivity contribution < 1.29 is 9.59 Å². The van der Waals surface area contributed by atoms with Gasteiger partial charge in [-0.1, -0.05) is 25.5 Å². The summed E-state index contributed by atoms with van der Waals surface area (Å²) in [5.41, 5.74) is 1.09. The molecule has 0 unspecified atom stereocenters. The lowest BCUT2D eigenvalue weighted by atomic mass is 9.51. The lowest BCUT2D eigenvalue weighted by molar-refractivity contribution is -0.139. The average molecular weight is 425 g/mol. The number of amides is 2. The van der Waals surface area contributed by atoms with Crippen LogP contribution in [0.4, 0.5) is 5.69 Å². The first kappa shape index (κ1) is 20.8. The zero-order valence-electron chi connectivity index (χ0n) is 18.9. The maximum absolute atomic E-state index is 13.2. The fourth-order valence-corrected chi connectivity index (χ4v) is 6.79. The van der Waals surface area contributed by atoms with Gasteiger partial charge in [0.05, 0.1) is 5.56 Å². The van der Waals surface area contributed by atoms with Crippen LogP contribution in [0, 0.1) is 17.3 Å². The third-order valence-electron chi connectivity index (χ3n) is 8.63. The Labute approximate surface area is 185 Å². The van der Waals surface area contributed by atoms with Gasteiger partial charge in [0.1, 0.15) is 5.66 Å². The molecule has 1 saturated heterocycles. The SMILES string of the molecule is C[C@H]1CCCCN1CCNC(=O)[C@@H]1C[C@@H]2CC[C@]1(C)C[C@]21NC(=O)c2ccccc2N1. The van der Waals surface area contributed by atoms with Gasteiger partial charge < -0.3 is 16.0 Å². The topological polar surface area (TPSA) is 73.5 Å². The molecule has 3 saturated carbocycles. The summed E-state index contributed by atoms with van der Waals surface area (Å²) in [6.07, 6.45) is 7.57. The molecule has 2 heterocycles. The van der Waals surface area contributed by atoms with Crippen LogP contribution in [0.2, 0.25) is 0 Å². The van der Waals surface area contributed by atoms with Crippen LogP contribution in [0.15, 0.2) is 24.3 Å². The van der Waals surface area contributed by atoms with Gasteiger partial charge in [0.15, 0.2) is 0 Å². The highest BCUT2D eigenvalue weighted by molar-refractivity contribution is 6.02. The number of piperidine rings is 1. The summed E-state index contributed by atoms with van der Waals surface area (Å²) >= 11 is 0. The molecule has 3 aliphatic carbocycles. The van der Waals surface area contributed by atoms with E-state index in [1.807, 2.05) is 24.3 Å². The lowest BCUT2D eigenvalue weighted by Crippen LogP contribution is -2.70. The Balaban J connectivity index is 1.25. The van der Waals surface area contributed by atoms with Gasteiger partial charge in [-0.05, 0) is 69.5 Å². The van der Waals surface area contributed by atoms with E-state index in [9.17, 15) is 9.59 Å². The fraction of sp³-hybridized carbons (Fsp3) is 0.680. The van der Waals surface area contributed by atoms with Crippen molar-refractivity contribution in [1.29, 1.82) is 0 Å². The van der Waals surface area contributed by atoms with Crippen LogP contribution in [0.5, 0.6) is 0 Å². The van der Waals surface area contributed by atoms with E-state index in [4.69, 9.17) is 0 Å². The van der Waals surface area contributed by atoms with Crippen molar-refractivity contribution in [3.05, 3.63) is 29.8 Å². The van der Waals surface area contributed by atoms with Gasteiger partial charge in [-0.2, -0.15) is 0 Å². The van der Waals surface area contributed by atoms with Crippen LogP contribution >= 0.6 is 0 Å². The van der Waals surface area contributed by atoms with Crippen LogP contribution in [0.25, 0.3) is 0 Å². The first-order chi connectivity index (χ1) is 14.9. The Hall–Kier alpha value is -2.08. The Morgan fingerprint density at radius 2 is 2.06 bits per heavy atom. The summed E-state index contributed by atoms with van der Waals surface area (Å²) in [5, 5.41) is 10.2. The van der Waals surface area contributed by atoms with E-state index in [0.29, 0.717) is 11.6 Å². The maximum Gasteiger partial charge on any atom is 0.255 e. The van der Waals surface area contributed by atoms with Crippen molar-refractivity contribution in [1.82, 2.24) is 15.5 Å². The number of hydrogen-bond acceptors (Lipinski definition) is 4. The standard InChI is InChI=1S/C25H36N4O2/c1-17-7-5-6-13-29(17)14-12-26-23(31)20-15-18-10-11-24(20,2)16-25(18)27-21-9-4-3-8-19(21)22(30)28-25/h3-4,8-9,17-18,20,27H,5-7,10-16H2,1-2H3,(H,26,31)(H,28,30)/t17-,18-,20-,24+,25-/m0/s1. The second kappa shape index (κ2) is 7.80. The summed E-state index contributed by atoms with van der Waals surface area (Å²) in [7, 11) is 0. The summed E-state index contributed by atoms with van der Waals surface area (Å²) < 4.78 is 0. The Morgan fingerprint density at radius 3 is 2.87 bits per heavy atom. The van der Waals surface area contributed by atoms with E-state index in [2.05, 4.69) is 34.7 Å². The second-order valence-corrected chi connectivity index (χ2v) is 10.6. The van der Waals surface area contributed by atoms with Crippen LogP contribution < -0.4 is 16.0 Å². The molecule has 168 valence electrons. The number of anilines is 1. The molecular formula is C25H36N4O2. The molecule has 3 N–H and O–H groups in total. The molecule has 0 radical (unpaired) electrons.